The average Bonchev–Trinajstić information content (AvgIpc) is 2.99. The number of aromatic nitrogens is 4. The number of carbonyl (C=O) groups is 1. The molecule has 2 heterocycles. The Morgan fingerprint density at radius 1 is 1.07 bits per heavy atom. The normalized spacial score (nSPS) is 10.7. The molecule has 0 aliphatic heterocycles. The second kappa shape index (κ2) is 7.99. The molecule has 0 radical (unpaired) electrons. The number of anilines is 1. The number of para-hydroxylation sites is 1. The van der Waals surface area contributed by atoms with Gasteiger partial charge in [-0.05, 0) is 44.9 Å². The lowest BCUT2D eigenvalue weighted by molar-refractivity contribution is -0.118. The molecule has 2 aromatic heterocycles. The third kappa shape index (κ3) is 4.49. The first-order valence-corrected chi connectivity index (χ1v) is 8.86. The van der Waals surface area contributed by atoms with Gasteiger partial charge in [0.1, 0.15) is 11.6 Å². The molecule has 1 aromatic carbocycles. The van der Waals surface area contributed by atoms with E-state index in [0.29, 0.717) is 11.8 Å². The van der Waals surface area contributed by atoms with Crippen LogP contribution in [0, 0.1) is 20.8 Å². The average molecular weight is 365 g/mol. The molecule has 0 bridgehead atoms. The predicted octanol–water partition coefficient (Wildman–Crippen LogP) is 3.17. The van der Waals surface area contributed by atoms with Gasteiger partial charge in [0.2, 0.25) is 0 Å². The molecule has 1 amide bonds. The van der Waals surface area contributed by atoms with E-state index in [1.165, 1.54) is 4.68 Å². The van der Waals surface area contributed by atoms with Crippen molar-refractivity contribution in [3.63, 3.8) is 0 Å². The van der Waals surface area contributed by atoms with E-state index in [1.54, 1.807) is 6.07 Å². The molecule has 0 saturated heterocycles. The van der Waals surface area contributed by atoms with Crippen molar-refractivity contribution in [2.24, 2.45) is 0 Å². The maximum atomic E-state index is 12.4. The Labute approximate surface area is 158 Å². The summed E-state index contributed by atoms with van der Waals surface area (Å²) in [5, 5.41) is 7.23. The number of benzene rings is 1. The molecule has 7 nitrogen and oxygen atoms in total. The number of rotatable bonds is 6. The lowest BCUT2D eigenvalue weighted by Gasteiger charge is -2.11. The Morgan fingerprint density at radius 2 is 1.78 bits per heavy atom. The first kappa shape index (κ1) is 18.6. The van der Waals surface area contributed by atoms with Gasteiger partial charge in [-0.2, -0.15) is 9.78 Å². The number of hydrogen-bond donors (Lipinski definition) is 1. The summed E-state index contributed by atoms with van der Waals surface area (Å²) >= 11 is 0. The highest BCUT2D eigenvalue weighted by atomic mass is 16.5. The number of hydrogen-bond acceptors (Lipinski definition) is 5. The molecule has 0 aliphatic carbocycles. The largest absolute Gasteiger partial charge is 0.483 e. The molecule has 0 spiro atoms. The number of ether oxygens (including phenoxy) is 1. The topological polar surface area (TPSA) is 81.9 Å². The van der Waals surface area contributed by atoms with Crippen LogP contribution in [0.2, 0.25) is 0 Å². The first-order valence-electron chi connectivity index (χ1n) is 8.86. The van der Waals surface area contributed by atoms with Gasteiger partial charge in [-0.1, -0.05) is 25.1 Å². The molecule has 140 valence electrons. The van der Waals surface area contributed by atoms with Gasteiger partial charge in [-0.3, -0.25) is 4.79 Å². The highest BCUT2D eigenvalue weighted by molar-refractivity contribution is 5.91. The molecular formula is C20H23N5O2. The fourth-order valence-corrected chi connectivity index (χ4v) is 2.80. The van der Waals surface area contributed by atoms with Crippen LogP contribution in [0.25, 0.3) is 5.95 Å². The van der Waals surface area contributed by atoms with Crippen LogP contribution in [-0.2, 0) is 11.2 Å². The second-order valence-electron chi connectivity index (χ2n) is 6.33. The van der Waals surface area contributed by atoms with Crippen LogP contribution in [0.5, 0.6) is 5.75 Å². The van der Waals surface area contributed by atoms with E-state index in [9.17, 15) is 4.79 Å². The van der Waals surface area contributed by atoms with E-state index in [0.717, 1.165) is 34.8 Å². The molecule has 0 atom stereocenters. The maximum absolute atomic E-state index is 12.4. The van der Waals surface area contributed by atoms with E-state index in [1.807, 2.05) is 58.0 Å². The van der Waals surface area contributed by atoms with Gasteiger partial charge in [0.05, 0.1) is 5.69 Å². The van der Waals surface area contributed by atoms with E-state index in [4.69, 9.17) is 4.74 Å². The molecule has 0 fully saturated rings. The van der Waals surface area contributed by atoms with Gasteiger partial charge in [-0.15, -0.1) is 0 Å². The van der Waals surface area contributed by atoms with Crippen molar-refractivity contribution >= 4 is 11.7 Å². The number of carbonyl (C=O) groups excluding carboxylic acids is 1. The molecule has 7 heteroatoms. The number of amides is 1. The van der Waals surface area contributed by atoms with Crippen molar-refractivity contribution in [2.75, 3.05) is 11.9 Å². The molecule has 0 unspecified atom stereocenters. The van der Waals surface area contributed by atoms with Gasteiger partial charge in [-0.25, -0.2) is 9.97 Å². The van der Waals surface area contributed by atoms with E-state index in [-0.39, 0.29) is 12.5 Å². The van der Waals surface area contributed by atoms with Crippen LogP contribution in [0.15, 0.2) is 36.4 Å². The molecule has 3 rings (SSSR count). The van der Waals surface area contributed by atoms with Crippen LogP contribution in [0.1, 0.15) is 29.6 Å². The van der Waals surface area contributed by atoms with Crippen LogP contribution in [0.4, 0.5) is 5.82 Å². The molecule has 0 aliphatic rings. The number of aryl methyl sites for hydroxylation is 4. The molecule has 0 saturated carbocycles. The highest BCUT2D eigenvalue weighted by Crippen LogP contribution is 2.19. The fraction of sp³-hybridized carbons (Fsp3) is 0.300. The summed E-state index contributed by atoms with van der Waals surface area (Å²) in [5.74, 6) is 1.38. The highest BCUT2D eigenvalue weighted by Gasteiger charge is 2.14. The van der Waals surface area contributed by atoms with Crippen molar-refractivity contribution in [3.8, 4) is 11.7 Å². The second-order valence-corrected chi connectivity index (χ2v) is 6.33. The lowest BCUT2D eigenvalue weighted by atomic mass is 10.1. The standard InChI is InChI=1S/C20H23N5O2/c1-5-16-8-6-7-9-17(16)27-12-19(26)23-18-11-15(4)24-25(18)20-21-13(2)10-14(3)22-20/h6-11H,5,12H2,1-4H3,(H,23,26). The van der Waals surface area contributed by atoms with Crippen LogP contribution < -0.4 is 10.1 Å². The zero-order valence-corrected chi connectivity index (χ0v) is 16.0. The van der Waals surface area contributed by atoms with Gasteiger partial charge in [0, 0.05) is 17.5 Å². The van der Waals surface area contributed by atoms with Gasteiger partial charge in [0.25, 0.3) is 11.9 Å². The Morgan fingerprint density at radius 3 is 2.48 bits per heavy atom. The van der Waals surface area contributed by atoms with Crippen molar-refractivity contribution in [1.29, 1.82) is 0 Å². The SMILES string of the molecule is CCc1ccccc1OCC(=O)Nc1cc(C)nn1-c1nc(C)cc(C)n1. The number of nitrogens with one attached hydrogen (secondary N) is 1. The van der Waals surface area contributed by atoms with E-state index >= 15 is 0 Å². The molecule has 1 N–H and O–H groups in total. The zero-order valence-electron chi connectivity index (χ0n) is 16.0. The number of nitrogens with zero attached hydrogens (tertiary/aromatic N) is 4. The van der Waals surface area contributed by atoms with E-state index in [2.05, 4.69) is 20.4 Å². The minimum Gasteiger partial charge on any atom is -0.483 e. The summed E-state index contributed by atoms with van der Waals surface area (Å²) in [4.78, 5) is 21.2. The molecule has 27 heavy (non-hydrogen) atoms. The molecular weight excluding hydrogens is 342 g/mol. The Hall–Kier alpha value is -3.22. The zero-order chi connectivity index (χ0) is 19.4. The van der Waals surface area contributed by atoms with Crippen molar-refractivity contribution < 1.29 is 9.53 Å². The predicted molar refractivity (Wildman–Crippen MR) is 103 cm³/mol. The van der Waals surface area contributed by atoms with Crippen molar-refractivity contribution in [2.45, 2.75) is 34.1 Å². The Kier molecular flexibility index (Phi) is 5.49. The maximum Gasteiger partial charge on any atom is 0.263 e. The van der Waals surface area contributed by atoms with Gasteiger partial charge in [0.15, 0.2) is 6.61 Å². The quantitative estimate of drug-likeness (QED) is 0.725. The van der Waals surface area contributed by atoms with Gasteiger partial charge < -0.3 is 10.1 Å². The van der Waals surface area contributed by atoms with Gasteiger partial charge >= 0.3 is 0 Å². The van der Waals surface area contributed by atoms with Crippen molar-refractivity contribution in [1.82, 2.24) is 19.7 Å². The fourth-order valence-electron chi connectivity index (χ4n) is 2.80. The Balaban J connectivity index is 1.75. The van der Waals surface area contributed by atoms with Crippen molar-refractivity contribution in [3.05, 3.63) is 59.0 Å². The minimum atomic E-state index is -0.272. The first-order chi connectivity index (χ1) is 13.0. The molecule has 3 aromatic rings. The van der Waals surface area contributed by atoms with Crippen LogP contribution >= 0.6 is 0 Å². The summed E-state index contributed by atoms with van der Waals surface area (Å²) < 4.78 is 7.21. The third-order valence-electron chi connectivity index (χ3n) is 3.97. The summed E-state index contributed by atoms with van der Waals surface area (Å²) in [5.41, 5.74) is 3.49. The summed E-state index contributed by atoms with van der Waals surface area (Å²) in [6.45, 7) is 7.60. The summed E-state index contributed by atoms with van der Waals surface area (Å²) in [7, 11) is 0. The monoisotopic (exact) mass is 365 g/mol. The van der Waals surface area contributed by atoms with Crippen LogP contribution in [-0.4, -0.2) is 32.3 Å². The summed E-state index contributed by atoms with van der Waals surface area (Å²) in [6.07, 6.45) is 0.841. The third-order valence-corrected chi connectivity index (χ3v) is 3.97. The van der Waals surface area contributed by atoms with E-state index < -0.39 is 0 Å². The lowest BCUT2D eigenvalue weighted by Crippen LogP contribution is -2.22. The Bertz CT molecular complexity index is 945. The van der Waals surface area contributed by atoms with Crippen LogP contribution in [0.3, 0.4) is 0 Å². The minimum absolute atomic E-state index is 0.0883. The smallest absolute Gasteiger partial charge is 0.263 e. The summed E-state index contributed by atoms with van der Waals surface area (Å²) in [6, 6.07) is 11.4.